The zero-order valence-corrected chi connectivity index (χ0v) is 12.5. The van der Waals surface area contributed by atoms with Crippen LogP contribution in [0.25, 0.3) is 0 Å². The third-order valence-electron chi connectivity index (χ3n) is 4.80. The van der Waals surface area contributed by atoms with Crippen LogP contribution in [0.4, 0.5) is 5.69 Å². The van der Waals surface area contributed by atoms with Crippen LogP contribution in [0.2, 0.25) is 0 Å². The van der Waals surface area contributed by atoms with Crippen molar-refractivity contribution in [2.24, 2.45) is 0 Å². The lowest BCUT2D eigenvalue weighted by Crippen LogP contribution is -2.43. The molecule has 1 aromatic carbocycles. The first-order chi connectivity index (χ1) is 10.2. The van der Waals surface area contributed by atoms with Gasteiger partial charge >= 0.3 is 0 Å². The number of amides is 1. The molecule has 1 N–H and O–H groups in total. The van der Waals surface area contributed by atoms with E-state index in [1.165, 1.54) is 6.42 Å². The van der Waals surface area contributed by atoms with Gasteiger partial charge in [-0.05, 0) is 24.5 Å². The Morgan fingerprint density at radius 3 is 2.62 bits per heavy atom. The second kappa shape index (κ2) is 5.88. The number of fused-ring (bicyclic) bond motifs is 1. The molecule has 0 radical (unpaired) electrons. The Hall–Kier alpha value is -1.84. The molecule has 1 aromatic rings. The zero-order chi connectivity index (χ0) is 14.8. The Labute approximate surface area is 125 Å². The number of rotatable bonds is 3. The van der Waals surface area contributed by atoms with Gasteiger partial charge in [0, 0.05) is 25.3 Å². The van der Waals surface area contributed by atoms with Crippen molar-refractivity contribution in [2.45, 2.75) is 44.1 Å². The predicted octanol–water partition coefficient (Wildman–Crippen LogP) is 2.56. The van der Waals surface area contributed by atoms with Gasteiger partial charge < -0.3 is 10.2 Å². The lowest BCUT2D eigenvalue weighted by atomic mass is 9.92. The summed E-state index contributed by atoms with van der Waals surface area (Å²) in [5.74, 6) is -0.939. The number of carbonyl (C=O) groups is 2. The van der Waals surface area contributed by atoms with Gasteiger partial charge in [-0.2, -0.15) is 0 Å². The van der Waals surface area contributed by atoms with Crippen molar-refractivity contribution in [3.8, 4) is 0 Å². The molecule has 2 aliphatic rings. The second-order valence-electron chi connectivity index (χ2n) is 6.09. The number of nitrogens with one attached hydrogen (secondary N) is 1. The van der Waals surface area contributed by atoms with Crippen molar-refractivity contribution in [2.75, 3.05) is 18.9 Å². The minimum absolute atomic E-state index is 0.236. The Kier molecular flexibility index (Phi) is 3.95. The van der Waals surface area contributed by atoms with Gasteiger partial charge in [0.25, 0.3) is 5.91 Å². The summed E-state index contributed by atoms with van der Waals surface area (Å²) < 4.78 is 0. The average molecular weight is 286 g/mol. The van der Waals surface area contributed by atoms with E-state index in [0.717, 1.165) is 36.9 Å². The highest BCUT2D eigenvalue weighted by Crippen LogP contribution is 2.32. The molecule has 1 saturated carbocycles. The third-order valence-corrected chi connectivity index (χ3v) is 4.80. The Morgan fingerprint density at radius 1 is 1.14 bits per heavy atom. The normalized spacial score (nSPS) is 21.5. The first kappa shape index (κ1) is 14.1. The summed E-state index contributed by atoms with van der Waals surface area (Å²) in [7, 11) is 1.78. The maximum atomic E-state index is 12.6. The number of ketones is 1. The van der Waals surface area contributed by atoms with Crippen molar-refractivity contribution in [1.29, 1.82) is 0 Å². The molecule has 1 aliphatic heterocycles. The zero-order valence-electron chi connectivity index (χ0n) is 12.5. The predicted molar refractivity (Wildman–Crippen MR) is 82.3 cm³/mol. The van der Waals surface area contributed by atoms with Gasteiger partial charge in [0.05, 0.1) is 5.92 Å². The lowest BCUT2D eigenvalue weighted by Gasteiger charge is -2.31. The van der Waals surface area contributed by atoms with Gasteiger partial charge in [-0.1, -0.05) is 37.5 Å². The van der Waals surface area contributed by atoms with E-state index in [9.17, 15) is 9.59 Å². The molecule has 21 heavy (non-hydrogen) atoms. The second-order valence-corrected chi connectivity index (χ2v) is 6.09. The van der Waals surface area contributed by atoms with Crippen LogP contribution < -0.4 is 5.32 Å². The molecular formula is C17H22N2O2. The molecule has 112 valence electrons. The fraction of sp³-hybridized carbons (Fsp3) is 0.529. The van der Waals surface area contributed by atoms with E-state index in [2.05, 4.69) is 5.32 Å². The molecule has 1 amide bonds. The summed E-state index contributed by atoms with van der Waals surface area (Å²) in [5.41, 5.74) is 1.93. The summed E-state index contributed by atoms with van der Waals surface area (Å²) in [6.45, 7) is 0.530. The number of anilines is 1. The average Bonchev–Trinajstić information content (AvgIpc) is 2.97. The summed E-state index contributed by atoms with van der Waals surface area (Å²) >= 11 is 0. The number of hydrogen-bond acceptors (Lipinski definition) is 3. The lowest BCUT2D eigenvalue weighted by molar-refractivity contribution is -0.146. The number of benzene rings is 1. The van der Waals surface area contributed by atoms with Gasteiger partial charge in [0.2, 0.25) is 5.78 Å². The van der Waals surface area contributed by atoms with Crippen molar-refractivity contribution in [3.05, 3.63) is 29.8 Å². The van der Waals surface area contributed by atoms with E-state index in [-0.39, 0.29) is 23.7 Å². The van der Waals surface area contributed by atoms with Crippen LogP contribution in [0, 0.1) is 0 Å². The quantitative estimate of drug-likeness (QED) is 0.869. The van der Waals surface area contributed by atoms with E-state index in [1.54, 1.807) is 11.9 Å². The minimum atomic E-state index is -0.334. The number of nitrogens with zero attached hydrogens (tertiary/aromatic N) is 1. The topological polar surface area (TPSA) is 49.4 Å². The van der Waals surface area contributed by atoms with Crippen LogP contribution in [0.15, 0.2) is 24.3 Å². The van der Waals surface area contributed by atoms with Crippen molar-refractivity contribution in [1.82, 2.24) is 4.90 Å². The van der Waals surface area contributed by atoms with Gasteiger partial charge in [-0.3, -0.25) is 9.59 Å². The van der Waals surface area contributed by atoms with Crippen LogP contribution in [-0.4, -0.2) is 36.2 Å². The summed E-state index contributed by atoms with van der Waals surface area (Å²) in [6.07, 6.45) is 5.60. The molecule has 1 heterocycles. The molecule has 0 bridgehead atoms. The molecule has 0 spiro atoms. The van der Waals surface area contributed by atoms with E-state index in [0.29, 0.717) is 6.54 Å². The molecule has 1 unspecified atom stereocenters. The van der Waals surface area contributed by atoms with Crippen molar-refractivity contribution >= 4 is 17.4 Å². The standard InChI is InChI=1S/C17H22N2O2/c1-19(12-7-3-2-4-8-12)17(21)16(20)14-11-18-15-10-6-5-9-13(14)15/h5-6,9-10,12,14,18H,2-4,7-8,11H2,1H3. The summed E-state index contributed by atoms with van der Waals surface area (Å²) in [5, 5.41) is 3.21. The molecule has 4 nitrogen and oxygen atoms in total. The van der Waals surface area contributed by atoms with Crippen LogP contribution in [0.5, 0.6) is 0 Å². The monoisotopic (exact) mass is 286 g/mol. The number of para-hydroxylation sites is 1. The van der Waals surface area contributed by atoms with E-state index < -0.39 is 0 Å². The first-order valence-electron chi connectivity index (χ1n) is 7.82. The summed E-state index contributed by atoms with van der Waals surface area (Å²) in [6, 6.07) is 7.99. The molecule has 0 saturated heterocycles. The smallest absolute Gasteiger partial charge is 0.290 e. The molecule has 1 aliphatic carbocycles. The van der Waals surface area contributed by atoms with Gasteiger partial charge in [0.1, 0.15) is 0 Å². The molecule has 4 heteroatoms. The molecule has 1 fully saturated rings. The highest BCUT2D eigenvalue weighted by molar-refractivity contribution is 6.38. The van der Waals surface area contributed by atoms with E-state index >= 15 is 0 Å². The number of carbonyl (C=O) groups excluding carboxylic acids is 2. The third kappa shape index (κ3) is 2.67. The fourth-order valence-corrected chi connectivity index (χ4v) is 3.47. The minimum Gasteiger partial charge on any atom is -0.384 e. The SMILES string of the molecule is CN(C(=O)C(=O)C1CNc2ccccc21)C1CCCCC1. The highest BCUT2D eigenvalue weighted by Gasteiger charge is 2.35. The van der Waals surface area contributed by atoms with Crippen LogP contribution in [0.3, 0.4) is 0 Å². The van der Waals surface area contributed by atoms with E-state index in [4.69, 9.17) is 0 Å². The fourth-order valence-electron chi connectivity index (χ4n) is 3.47. The van der Waals surface area contributed by atoms with Gasteiger partial charge in [0.15, 0.2) is 0 Å². The molecule has 0 aromatic heterocycles. The van der Waals surface area contributed by atoms with Gasteiger partial charge in [-0.25, -0.2) is 0 Å². The maximum Gasteiger partial charge on any atom is 0.290 e. The number of hydrogen-bond donors (Lipinski definition) is 1. The molecular weight excluding hydrogens is 264 g/mol. The van der Waals surface area contributed by atoms with Crippen LogP contribution in [0.1, 0.15) is 43.6 Å². The largest absolute Gasteiger partial charge is 0.384 e. The summed E-state index contributed by atoms with van der Waals surface area (Å²) in [4.78, 5) is 26.7. The van der Waals surface area contributed by atoms with Crippen LogP contribution >= 0.6 is 0 Å². The molecule has 1 atom stereocenters. The number of Topliss-reactive ketones (excluding diaryl/α,β-unsaturated/α-hetero) is 1. The van der Waals surface area contributed by atoms with Crippen molar-refractivity contribution in [3.63, 3.8) is 0 Å². The van der Waals surface area contributed by atoms with E-state index in [1.807, 2.05) is 24.3 Å². The Balaban J connectivity index is 1.72. The Morgan fingerprint density at radius 2 is 1.86 bits per heavy atom. The highest BCUT2D eigenvalue weighted by atomic mass is 16.2. The number of likely N-dealkylation sites (N-methyl/N-ethyl adjacent to an activating group) is 1. The molecule has 3 rings (SSSR count). The maximum absolute atomic E-state index is 12.6. The van der Waals surface area contributed by atoms with Gasteiger partial charge in [-0.15, -0.1) is 0 Å². The van der Waals surface area contributed by atoms with Crippen molar-refractivity contribution < 1.29 is 9.59 Å². The first-order valence-corrected chi connectivity index (χ1v) is 7.82. The van der Waals surface area contributed by atoms with Crippen LogP contribution in [-0.2, 0) is 9.59 Å². The Bertz CT molecular complexity index is 549.